The number of rotatable bonds is 4. The molecule has 1 aromatic rings. The van der Waals surface area contributed by atoms with Crippen LogP contribution in [-0.4, -0.2) is 42.9 Å². The Labute approximate surface area is 148 Å². The number of hydrogen-bond donors (Lipinski definition) is 2. The number of hydrogen-bond acceptors (Lipinski definition) is 2. The first-order chi connectivity index (χ1) is 12.2. The largest absolute Gasteiger partial charge is 0.357 e. The van der Waals surface area contributed by atoms with Gasteiger partial charge in [-0.2, -0.15) is 0 Å². The van der Waals surface area contributed by atoms with Gasteiger partial charge in [0.25, 0.3) is 0 Å². The molecule has 1 aliphatic carbocycles. The van der Waals surface area contributed by atoms with Crippen molar-refractivity contribution in [1.82, 2.24) is 10.2 Å². The summed E-state index contributed by atoms with van der Waals surface area (Å²) in [4.78, 5) is 18.9. The van der Waals surface area contributed by atoms with E-state index in [1.165, 1.54) is 37.8 Å². The number of guanidine groups is 1. The van der Waals surface area contributed by atoms with Gasteiger partial charge in [-0.05, 0) is 55.9 Å². The Morgan fingerprint density at radius 2 is 1.84 bits per heavy atom. The van der Waals surface area contributed by atoms with E-state index in [1.807, 2.05) is 6.92 Å². The van der Waals surface area contributed by atoms with Crippen LogP contribution in [0.25, 0.3) is 0 Å². The minimum Gasteiger partial charge on any atom is -0.357 e. The molecule has 2 atom stereocenters. The molecular formula is C19H27FN4O. The van der Waals surface area contributed by atoms with Crippen LogP contribution in [0.2, 0.25) is 0 Å². The monoisotopic (exact) mass is 346 g/mol. The molecule has 136 valence electrons. The van der Waals surface area contributed by atoms with Crippen LogP contribution in [0.3, 0.4) is 0 Å². The number of benzene rings is 1. The highest BCUT2D eigenvalue weighted by Gasteiger charge is 2.35. The summed E-state index contributed by atoms with van der Waals surface area (Å²) in [6, 6.07) is 5.75. The number of aliphatic imine (C=N–C) groups is 1. The fraction of sp³-hybridized carbons (Fsp3) is 0.579. The lowest BCUT2D eigenvalue weighted by Crippen LogP contribution is -2.40. The molecule has 1 aliphatic heterocycles. The second-order valence-electron chi connectivity index (χ2n) is 6.93. The standard InChI is InChI=1S/C19H27FN4O/c1-2-21-19(24-12-14-5-3-4-6-15(14)13-24)22-11-18(25)23-17-9-7-16(20)8-10-17/h7-10,14-15H,2-6,11-13H2,1H3,(H,21,22)(H,23,25). The molecule has 0 radical (unpaired) electrons. The molecule has 2 fully saturated rings. The minimum absolute atomic E-state index is 0.0611. The Morgan fingerprint density at radius 3 is 2.44 bits per heavy atom. The highest BCUT2D eigenvalue weighted by molar-refractivity contribution is 5.94. The molecule has 2 N–H and O–H groups in total. The van der Waals surface area contributed by atoms with Crippen LogP contribution in [0.5, 0.6) is 0 Å². The van der Waals surface area contributed by atoms with Gasteiger partial charge in [0.05, 0.1) is 0 Å². The summed E-state index contributed by atoms with van der Waals surface area (Å²) in [5.74, 6) is 1.85. The Hall–Kier alpha value is -2.11. The maximum Gasteiger partial charge on any atom is 0.246 e. The molecule has 0 spiro atoms. The highest BCUT2D eigenvalue weighted by Crippen LogP contribution is 2.35. The molecular weight excluding hydrogens is 319 g/mol. The quantitative estimate of drug-likeness (QED) is 0.651. The first kappa shape index (κ1) is 17.7. The fourth-order valence-electron chi connectivity index (χ4n) is 3.89. The third-order valence-corrected chi connectivity index (χ3v) is 5.11. The minimum atomic E-state index is -0.319. The van der Waals surface area contributed by atoms with Gasteiger partial charge in [0.1, 0.15) is 12.4 Å². The number of anilines is 1. The van der Waals surface area contributed by atoms with Gasteiger partial charge < -0.3 is 15.5 Å². The molecule has 0 bridgehead atoms. The van der Waals surface area contributed by atoms with E-state index in [-0.39, 0.29) is 18.3 Å². The summed E-state index contributed by atoms with van der Waals surface area (Å²) in [6.07, 6.45) is 5.29. The van der Waals surface area contributed by atoms with Gasteiger partial charge in [-0.1, -0.05) is 12.8 Å². The molecule has 2 unspecified atom stereocenters. The topological polar surface area (TPSA) is 56.7 Å². The van der Waals surface area contributed by atoms with Gasteiger partial charge >= 0.3 is 0 Å². The van der Waals surface area contributed by atoms with Crippen LogP contribution in [-0.2, 0) is 4.79 Å². The zero-order valence-electron chi connectivity index (χ0n) is 14.8. The second kappa shape index (κ2) is 8.32. The Bertz CT molecular complexity index is 602. The van der Waals surface area contributed by atoms with Crippen molar-refractivity contribution in [2.24, 2.45) is 16.8 Å². The van der Waals surface area contributed by atoms with Crippen molar-refractivity contribution >= 4 is 17.6 Å². The van der Waals surface area contributed by atoms with E-state index in [9.17, 15) is 9.18 Å². The number of carbonyl (C=O) groups is 1. The van der Waals surface area contributed by atoms with E-state index >= 15 is 0 Å². The molecule has 2 aliphatic rings. The van der Waals surface area contributed by atoms with Gasteiger partial charge in [-0.25, -0.2) is 9.38 Å². The van der Waals surface area contributed by atoms with Gasteiger partial charge in [0.15, 0.2) is 5.96 Å². The van der Waals surface area contributed by atoms with E-state index in [0.29, 0.717) is 5.69 Å². The maximum absolute atomic E-state index is 12.9. The van der Waals surface area contributed by atoms with Crippen LogP contribution < -0.4 is 10.6 Å². The number of halogens is 1. The molecule has 0 aromatic heterocycles. The molecule has 6 heteroatoms. The molecule has 1 heterocycles. The number of carbonyl (C=O) groups excluding carboxylic acids is 1. The summed E-state index contributed by atoms with van der Waals surface area (Å²) in [7, 11) is 0. The lowest BCUT2D eigenvalue weighted by molar-refractivity contribution is -0.114. The van der Waals surface area contributed by atoms with Gasteiger partial charge in [0, 0.05) is 25.3 Å². The van der Waals surface area contributed by atoms with Crippen LogP contribution in [0.15, 0.2) is 29.3 Å². The van der Waals surface area contributed by atoms with Gasteiger partial charge in [-0.3, -0.25) is 4.79 Å². The van der Waals surface area contributed by atoms with Crippen molar-refractivity contribution in [3.8, 4) is 0 Å². The highest BCUT2D eigenvalue weighted by atomic mass is 19.1. The number of likely N-dealkylation sites (tertiary alicyclic amines) is 1. The fourth-order valence-corrected chi connectivity index (χ4v) is 3.89. The normalized spacial score (nSPS) is 23.3. The van der Waals surface area contributed by atoms with Crippen molar-refractivity contribution in [2.75, 3.05) is 31.5 Å². The molecule has 25 heavy (non-hydrogen) atoms. The van der Waals surface area contributed by atoms with E-state index in [1.54, 1.807) is 12.1 Å². The maximum atomic E-state index is 12.9. The molecule has 5 nitrogen and oxygen atoms in total. The molecule has 1 amide bonds. The Kier molecular flexibility index (Phi) is 5.89. The van der Waals surface area contributed by atoms with E-state index in [4.69, 9.17) is 0 Å². The first-order valence-corrected chi connectivity index (χ1v) is 9.24. The Morgan fingerprint density at radius 1 is 1.20 bits per heavy atom. The van der Waals surface area contributed by atoms with Crippen molar-refractivity contribution in [3.63, 3.8) is 0 Å². The van der Waals surface area contributed by atoms with Crippen LogP contribution in [0.4, 0.5) is 10.1 Å². The van der Waals surface area contributed by atoms with Crippen molar-refractivity contribution < 1.29 is 9.18 Å². The van der Waals surface area contributed by atoms with E-state index < -0.39 is 0 Å². The Balaban J connectivity index is 1.58. The van der Waals surface area contributed by atoms with Gasteiger partial charge in [0.2, 0.25) is 5.91 Å². The van der Waals surface area contributed by atoms with Crippen LogP contribution in [0, 0.1) is 17.7 Å². The summed E-state index contributed by atoms with van der Waals surface area (Å²) in [5.41, 5.74) is 0.582. The van der Waals surface area contributed by atoms with E-state index in [2.05, 4.69) is 20.5 Å². The predicted octanol–water partition coefficient (Wildman–Crippen LogP) is 2.85. The van der Waals surface area contributed by atoms with Crippen molar-refractivity contribution in [1.29, 1.82) is 0 Å². The number of fused-ring (bicyclic) bond motifs is 1. The smallest absolute Gasteiger partial charge is 0.246 e. The zero-order valence-corrected chi connectivity index (χ0v) is 14.8. The third-order valence-electron chi connectivity index (χ3n) is 5.11. The molecule has 1 aromatic carbocycles. The predicted molar refractivity (Wildman–Crippen MR) is 98.0 cm³/mol. The zero-order chi connectivity index (χ0) is 17.6. The molecule has 1 saturated carbocycles. The lowest BCUT2D eigenvalue weighted by atomic mass is 9.82. The van der Waals surface area contributed by atoms with Gasteiger partial charge in [-0.15, -0.1) is 0 Å². The van der Waals surface area contributed by atoms with Crippen molar-refractivity contribution in [3.05, 3.63) is 30.1 Å². The number of nitrogens with one attached hydrogen (secondary N) is 2. The number of amides is 1. The summed E-state index contributed by atoms with van der Waals surface area (Å²) in [5, 5.41) is 6.06. The SMILES string of the molecule is CCNC(=NCC(=O)Nc1ccc(F)cc1)N1CC2CCCCC2C1. The number of nitrogens with zero attached hydrogens (tertiary/aromatic N) is 2. The van der Waals surface area contributed by atoms with Crippen molar-refractivity contribution in [2.45, 2.75) is 32.6 Å². The lowest BCUT2D eigenvalue weighted by Gasteiger charge is -2.22. The second-order valence-corrected chi connectivity index (χ2v) is 6.93. The average molecular weight is 346 g/mol. The third kappa shape index (κ3) is 4.71. The van der Waals surface area contributed by atoms with E-state index in [0.717, 1.165) is 37.4 Å². The first-order valence-electron chi connectivity index (χ1n) is 9.24. The van der Waals surface area contributed by atoms with Crippen LogP contribution >= 0.6 is 0 Å². The van der Waals surface area contributed by atoms with Crippen LogP contribution in [0.1, 0.15) is 32.6 Å². The molecule has 1 saturated heterocycles. The average Bonchev–Trinajstić information content (AvgIpc) is 3.04. The molecule has 3 rings (SSSR count). The summed E-state index contributed by atoms with van der Waals surface area (Å²) in [6.45, 7) is 4.96. The summed E-state index contributed by atoms with van der Waals surface area (Å²) >= 11 is 0. The summed E-state index contributed by atoms with van der Waals surface area (Å²) < 4.78 is 12.9.